The summed E-state index contributed by atoms with van der Waals surface area (Å²) in [5.41, 5.74) is 0. The van der Waals surface area contributed by atoms with Crippen LogP contribution in [0.25, 0.3) is 0 Å². The molecule has 0 spiro atoms. The highest BCUT2D eigenvalue weighted by atomic mass is 127. The van der Waals surface area contributed by atoms with Crippen LogP contribution in [0.4, 0.5) is 39.5 Å². The number of hydrogen-bond acceptors (Lipinski definition) is 0. The Bertz CT molecular complexity index is 229. The van der Waals surface area contributed by atoms with E-state index >= 15 is 0 Å². The van der Waals surface area contributed by atoms with Gasteiger partial charge in [0.1, 0.15) is 0 Å². The topological polar surface area (TPSA) is 0 Å². The molecule has 10 heteroatoms. The first-order valence-electron chi connectivity index (χ1n) is 3.07. The van der Waals surface area contributed by atoms with Gasteiger partial charge in [0.15, 0.2) is 0 Å². The molecule has 0 aliphatic heterocycles. The maximum absolute atomic E-state index is 12.3. The Kier molecular flexibility index (Phi) is 3.87. The van der Waals surface area contributed by atoms with Crippen molar-refractivity contribution in [1.29, 1.82) is 0 Å². The summed E-state index contributed by atoms with van der Waals surface area (Å²) in [6, 6.07) is 0. The van der Waals surface area contributed by atoms with Crippen molar-refractivity contribution in [3.05, 3.63) is 0 Å². The predicted octanol–water partition coefficient (Wildman–Crippen LogP) is 3.89. The Labute approximate surface area is 91.0 Å². The van der Waals surface area contributed by atoms with E-state index in [4.69, 9.17) is 0 Å². The molecule has 0 bridgehead atoms. The second-order valence-corrected chi connectivity index (χ2v) is 3.25. The molecule has 0 atom stereocenters. The van der Waals surface area contributed by atoms with Crippen molar-refractivity contribution in [1.82, 2.24) is 0 Å². The molecule has 0 amide bonds. The highest BCUT2D eigenvalue weighted by molar-refractivity contribution is 14.1. The van der Waals surface area contributed by atoms with Crippen LogP contribution in [0.3, 0.4) is 0 Å². The van der Waals surface area contributed by atoms with Crippen molar-refractivity contribution in [3.8, 4) is 0 Å². The lowest BCUT2D eigenvalue weighted by Gasteiger charge is -2.32. The van der Waals surface area contributed by atoms with Crippen LogP contribution in [0.15, 0.2) is 0 Å². The zero-order valence-electron chi connectivity index (χ0n) is 6.49. The zero-order valence-corrected chi connectivity index (χ0v) is 8.64. The molecule has 0 aromatic carbocycles. The molecule has 0 nitrogen and oxygen atoms in total. The SMILES string of the molecule is FC(F)(F)C(F)(F)C(F)(F)C(F)(F)CI. The number of alkyl halides is 10. The normalized spacial score (nSPS) is 15.6. The van der Waals surface area contributed by atoms with Crippen molar-refractivity contribution in [2.45, 2.75) is 23.9 Å². The van der Waals surface area contributed by atoms with E-state index in [-0.39, 0.29) is 0 Å². The van der Waals surface area contributed by atoms with Crippen LogP contribution >= 0.6 is 22.6 Å². The van der Waals surface area contributed by atoms with Crippen LogP contribution in [0.5, 0.6) is 0 Å². The van der Waals surface area contributed by atoms with Gasteiger partial charge in [0.25, 0.3) is 0 Å². The molecule has 0 aliphatic rings. The summed E-state index contributed by atoms with van der Waals surface area (Å²) in [5.74, 6) is -18.7. The van der Waals surface area contributed by atoms with Crippen molar-refractivity contribution in [2.75, 3.05) is 4.43 Å². The average Bonchev–Trinajstić information content (AvgIpc) is 2.01. The summed E-state index contributed by atoms with van der Waals surface area (Å²) in [7, 11) is 0. The zero-order chi connectivity index (χ0) is 12.7. The first-order valence-corrected chi connectivity index (χ1v) is 4.60. The van der Waals surface area contributed by atoms with Crippen molar-refractivity contribution >= 4 is 22.6 Å². The van der Waals surface area contributed by atoms with Gasteiger partial charge in [-0.15, -0.1) is 0 Å². The van der Waals surface area contributed by atoms with Gasteiger partial charge in [0.05, 0.1) is 4.43 Å². The molecule has 0 aliphatic carbocycles. The van der Waals surface area contributed by atoms with E-state index in [1.54, 1.807) is 0 Å². The van der Waals surface area contributed by atoms with Gasteiger partial charge in [-0.25, -0.2) is 0 Å². The lowest BCUT2D eigenvalue weighted by Crippen LogP contribution is -2.61. The maximum atomic E-state index is 12.3. The van der Waals surface area contributed by atoms with E-state index in [1.165, 1.54) is 0 Å². The summed E-state index contributed by atoms with van der Waals surface area (Å²) in [4.78, 5) is 0. The summed E-state index contributed by atoms with van der Waals surface area (Å²) in [5, 5.41) is 0. The summed E-state index contributed by atoms with van der Waals surface area (Å²) >= 11 is 0.593. The van der Waals surface area contributed by atoms with Crippen LogP contribution in [-0.4, -0.2) is 28.4 Å². The quantitative estimate of drug-likeness (QED) is 0.407. The largest absolute Gasteiger partial charge is 0.460 e. The fourth-order valence-corrected chi connectivity index (χ4v) is 0.971. The third kappa shape index (κ3) is 2.28. The Hall–Kier alpha value is 0.1000. The van der Waals surface area contributed by atoms with E-state index in [0.717, 1.165) is 0 Å². The third-order valence-electron chi connectivity index (χ3n) is 1.38. The van der Waals surface area contributed by atoms with Gasteiger partial charge in [-0.1, -0.05) is 22.6 Å². The Morgan fingerprint density at radius 1 is 0.667 bits per heavy atom. The molecule has 0 radical (unpaired) electrons. The molecule has 0 N–H and O–H groups in total. The lowest BCUT2D eigenvalue weighted by molar-refractivity contribution is -0.391. The Morgan fingerprint density at radius 2 is 1.00 bits per heavy atom. The molecule has 92 valence electrons. The fourth-order valence-electron chi connectivity index (χ4n) is 0.492. The highest BCUT2D eigenvalue weighted by Crippen LogP contribution is 2.53. The van der Waals surface area contributed by atoms with E-state index in [2.05, 4.69) is 0 Å². The average molecular weight is 360 g/mol. The minimum absolute atomic E-state index is 0.593. The van der Waals surface area contributed by atoms with Gasteiger partial charge in [-0.2, -0.15) is 39.5 Å². The lowest BCUT2D eigenvalue weighted by atomic mass is 10.1. The molecule has 0 heterocycles. The van der Waals surface area contributed by atoms with Gasteiger partial charge in [-0.3, -0.25) is 0 Å². The molecule has 15 heavy (non-hydrogen) atoms. The predicted molar refractivity (Wildman–Crippen MR) is 39.8 cm³/mol. The highest BCUT2D eigenvalue weighted by Gasteiger charge is 2.81. The molecule has 0 saturated heterocycles. The van der Waals surface area contributed by atoms with E-state index in [9.17, 15) is 39.5 Å². The van der Waals surface area contributed by atoms with Gasteiger partial charge in [0, 0.05) is 0 Å². The molecule has 0 rings (SSSR count). The van der Waals surface area contributed by atoms with Crippen LogP contribution in [-0.2, 0) is 0 Å². The summed E-state index contributed by atoms with van der Waals surface area (Å²) in [6.45, 7) is 0. The van der Waals surface area contributed by atoms with Crippen LogP contribution in [0.2, 0.25) is 0 Å². The first kappa shape index (κ1) is 15.1. The monoisotopic (exact) mass is 360 g/mol. The van der Waals surface area contributed by atoms with Gasteiger partial charge >= 0.3 is 23.9 Å². The van der Waals surface area contributed by atoms with Crippen molar-refractivity contribution < 1.29 is 39.5 Å². The van der Waals surface area contributed by atoms with Crippen molar-refractivity contribution in [3.63, 3.8) is 0 Å². The summed E-state index contributed by atoms with van der Waals surface area (Å²) in [6.07, 6.45) is -6.73. The molecule has 0 aromatic rings. The molecule has 0 saturated carbocycles. The maximum Gasteiger partial charge on any atom is 0.460 e. The standard InChI is InChI=1S/C5H2F9I/c6-2(7,1-15)3(8,9)4(10,11)5(12,13)14/h1H2. The third-order valence-corrected chi connectivity index (χ3v) is 2.34. The summed E-state index contributed by atoms with van der Waals surface area (Å²) < 4.78 is 105. The molecule has 0 aromatic heterocycles. The Balaban J connectivity index is 5.38. The number of rotatable bonds is 3. The van der Waals surface area contributed by atoms with Crippen LogP contribution in [0.1, 0.15) is 0 Å². The number of halogens is 10. The van der Waals surface area contributed by atoms with E-state index in [0.29, 0.717) is 22.6 Å². The molecular weight excluding hydrogens is 358 g/mol. The van der Waals surface area contributed by atoms with E-state index < -0.39 is 28.4 Å². The van der Waals surface area contributed by atoms with Gasteiger partial charge in [-0.05, 0) is 0 Å². The molecular formula is C5H2F9I. The molecule has 0 unspecified atom stereocenters. The fraction of sp³-hybridized carbons (Fsp3) is 1.00. The van der Waals surface area contributed by atoms with E-state index in [1.807, 2.05) is 0 Å². The molecule has 0 fully saturated rings. The Morgan fingerprint density at radius 3 is 1.20 bits per heavy atom. The van der Waals surface area contributed by atoms with Gasteiger partial charge < -0.3 is 0 Å². The second-order valence-electron chi connectivity index (χ2n) is 2.48. The first-order chi connectivity index (χ1) is 6.31. The minimum Gasteiger partial charge on any atom is -0.199 e. The minimum atomic E-state index is -6.77. The second kappa shape index (κ2) is 3.84. The van der Waals surface area contributed by atoms with Crippen LogP contribution < -0.4 is 0 Å². The van der Waals surface area contributed by atoms with Gasteiger partial charge in [0.2, 0.25) is 0 Å². The van der Waals surface area contributed by atoms with Crippen molar-refractivity contribution in [2.24, 2.45) is 0 Å². The smallest absolute Gasteiger partial charge is 0.199 e. The number of hydrogen-bond donors (Lipinski definition) is 0. The van der Waals surface area contributed by atoms with Crippen LogP contribution in [0, 0.1) is 0 Å².